The van der Waals surface area contributed by atoms with Crippen LogP contribution in [-0.2, 0) is 6.54 Å². The lowest BCUT2D eigenvalue weighted by molar-refractivity contribution is 0.727. The van der Waals surface area contributed by atoms with Crippen molar-refractivity contribution in [2.45, 2.75) is 31.8 Å². The average molecular weight is 286 g/mol. The van der Waals surface area contributed by atoms with Crippen LogP contribution in [0.2, 0.25) is 0 Å². The van der Waals surface area contributed by atoms with Gasteiger partial charge in [-0.2, -0.15) is 0 Å². The summed E-state index contributed by atoms with van der Waals surface area (Å²) < 4.78 is 1.38. The Labute approximate surface area is 121 Å². The van der Waals surface area contributed by atoms with E-state index in [9.17, 15) is 9.59 Å². The molecule has 4 N–H and O–H groups in total. The van der Waals surface area contributed by atoms with E-state index in [4.69, 9.17) is 5.73 Å². The number of nitrogens with one attached hydrogen (secondary N) is 2. The van der Waals surface area contributed by atoms with Gasteiger partial charge in [-0.15, -0.1) is 0 Å². The smallest absolute Gasteiger partial charge is 0.330 e. The van der Waals surface area contributed by atoms with Gasteiger partial charge in [0.15, 0.2) is 0 Å². The lowest BCUT2D eigenvalue weighted by Crippen LogP contribution is -2.36. The van der Waals surface area contributed by atoms with Crippen LogP contribution in [0.5, 0.6) is 0 Å². The van der Waals surface area contributed by atoms with Crippen LogP contribution in [0.3, 0.4) is 0 Å². The molecule has 1 saturated carbocycles. The number of nitrogens with two attached hydrogens (primary N) is 1. The highest BCUT2D eigenvalue weighted by molar-refractivity contribution is 5.62. The summed E-state index contributed by atoms with van der Waals surface area (Å²) in [6, 6.07) is 9.52. The van der Waals surface area contributed by atoms with Crippen molar-refractivity contribution < 1.29 is 0 Å². The normalized spacial score (nSPS) is 15.7. The van der Waals surface area contributed by atoms with E-state index >= 15 is 0 Å². The summed E-state index contributed by atoms with van der Waals surface area (Å²) in [6.45, 7) is 2.35. The zero-order valence-corrected chi connectivity index (χ0v) is 11.8. The first-order valence-corrected chi connectivity index (χ1v) is 6.93. The zero-order chi connectivity index (χ0) is 15.0. The lowest BCUT2D eigenvalue weighted by Gasteiger charge is -2.17. The molecule has 1 aromatic heterocycles. The topological polar surface area (TPSA) is 92.9 Å². The SMILES string of the molecule is CC1(Nc2c(N)n(Cc3ccccc3)c(=O)[nH]c2=O)CC1. The fourth-order valence-electron chi connectivity index (χ4n) is 2.25. The van der Waals surface area contributed by atoms with Crippen LogP contribution >= 0.6 is 0 Å². The summed E-state index contributed by atoms with van der Waals surface area (Å²) in [5, 5.41) is 3.15. The molecule has 1 aromatic carbocycles. The Morgan fingerprint density at radius 2 is 1.95 bits per heavy atom. The monoisotopic (exact) mass is 286 g/mol. The molecule has 0 spiro atoms. The van der Waals surface area contributed by atoms with Gasteiger partial charge in [0, 0.05) is 5.54 Å². The van der Waals surface area contributed by atoms with Crippen molar-refractivity contribution in [3.05, 3.63) is 56.7 Å². The second-order valence-electron chi connectivity index (χ2n) is 5.78. The van der Waals surface area contributed by atoms with Gasteiger partial charge in [0.2, 0.25) is 0 Å². The maximum Gasteiger partial charge on any atom is 0.330 e. The van der Waals surface area contributed by atoms with Crippen LogP contribution in [0.15, 0.2) is 39.9 Å². The number of hydrogen-bond donors (Lipinski definition) is 3. The van der Waals surface area contributed by atoms with Crippen LogP contribution in [0.4, 0.5) is 11.5 Å². The fraction of sp³-hybridized carbons (Fsp3) is 0.333. The molecule has 0 bridgehead atoms. The van der Waals surface area contributed by atoms with E-state index in [1.807, 2.05) is 37.3 Å². The van der Waals surface area contributed by atoms with E-state index in [1.54, 1.807) is 0 Å². The van der Waals surface area contributed by atoms with Crippen molar-refractivity contribution in [1.82, 2.24) is 9.55 Å². The third-order valence-electron chi connectivity index (χ3n) is 3.85. The van der Waals surface area contributed by atoms with Crippen molar-refractivity contribution in [3.8, 4) is 0 Å². The van der Waals surface area contributed by atoms with Crippen molar-refractivity contribution in [2.24, 2.45) is 0 Å². The van der Waals surface area contributed by atoms with Crippen LogP contribution < -0.4 is 22.3 Å². The number of aromatic nitrogens is 2. The molecule has 0 aliphatic heterocycles. The van der Waals surface area contributed by atoms with Gasteiger partial charge < -0.3 is 11.1 Å². The van der Waals surface area contributed by atoms with E-state index in [0.29, 0.717) is 6.54 Å². The molecule has 1 fully saturated rings. The molecule has 6 heteroatoms. The van der Waals surface area contributed by atoms with Crippen LogP contribution in [0.25, 0.3) is 0 Å². The van der Waals surface area contributed by atoms with E-state index < -0.39 is 11.2 Å². The first-order chi connectivity index (χ1) is 9.98. The molecule has 0 saturated heterocycles. The van der Waals surface area contributed by atoms with Crippen LogP contribution in [0, 0.1) is 0 Å². The molecule has 1 aliphatic rings. The summed E-state index contributed by atoms with van der Waals surface area (Å²) >= 11 is 0. The van der Waals surface area contributed by atoms with Crippen LogP contribution in [0.1, 0.15) is 25.3 Å². The molecule has 0 atom stereocenters. The molecule has 1 heterocycles. The van der Waals surface area contributed by atoms with Gasteiger partial charge in [0.05, 0.1) is 6.54 Å². The number of nitrogens with zero attached hydrogens (tertiary/aromatic N) is 1. The second kappa shape index (κ2) is 4.80. The van der Waals surface area contributed by atoms with E-state index in [-0.39, 0.29) is 17.0 Å². The van der Waals surface area contributed by atoms with E-state index in [2.05, 4.69) is 10.3 Å². The summed E-state index contributed by atoms with van der Waals surface area (Å²) in [6.07, 6.45) is 1.98. The summed E-state index contributed by atoms with van der Waals surface area (Å²) in [5.41, 5.74) is 6.23. The lowest BCUT2D eigenvalue weighted by atomic mass is 10.2. The average Bonchev–Trinajstić information content (AvgIpc) is 3.19. The summed E-state index contributed by atoms with van der Waals surface area (Å²) in [5.74, 6) is 0.181. The van der Waals surface area contributed by atoms with Crippen molar-refractivity contribution in [2.75, 3.05) is 11.1 Å². The molecule has 0 unspecified atom stereocenters. The van der Waals surface area contributed by atoms with Crippen molar-refractivity contribution in [1.29, 1.82) is 0 Å². The second-order valence-corrected chi connectivity index (χ2v) is 5.78. The number of anilines is 2. The third kappa shape index (κ3) is 2.69. The molecule has 6 nitrogen and oxygen atoms in total. The van der Waals surface area contributed by atoms with Crippen LogP contribution in [-0.4, -0.2) is 15.1 Å². The minimum Gasteiger partial charge on any atom is -0.383 e. The molecule has 0 radical (unpaired) electrons. The number of hydrogen-bond acceptors (Lipinski definition) is 4. The van der Waals surface area contributed by atoms with Gasteiger partial charge in [-0.1, -0.05) is 30.3 Å². The molecule has 21 heavy (non-hydrogen) atoms. The quantitative estimate of drug-likeness (QED) is 0.785. The highest BCUT2D eigenvalue weighted by Gasteiger charge is 2.38. The number of H-pyrrole nitrogens is 1. The minimum atomic E-state index is -0.493. The number of aromatic amines is 1. The Morgan fingerprint density at radius 3 is 2.57 bits per heavy atom. The number of nitrogen functional groups attached to an aromatic ring is 1. The molecular weight excluding hydrogens is 268 g/mol. The maximum atomic E-state index is 12.0. The maximum absolute atomic E-state index is 12.0. The Kier molecular flexibility index (Phi) is 3.08. The summed E-state index contributed by atoms with van der Waals surface area (Å²) in [7, 11) is 0. The molecule has 3 rings (SSSR count). The Balaban J connectivity index is 2.02. The predicted octanol–water partition coefficient (Wildman–Crippen LogP) is 1.13. The Hall–Kier alpha value is -2.50. The van der Waals surface area contributed by atoms with E-state index in [1.165, 1.54) is 4.57 Å². The number of rotatable bonds is 4. The molecule has 2 aromatic rings. The predicted molar refractivity (Wildman–Crippen MR) is 82.5 cm³/mol. The molecule has 0 amide bonds. The van der Waals surface area contributed by atoms with Gasteiger partial charge >= 0.3 is 5.69 Å². The largest absolute Gasteiger partial charge is 0.383 e. The highest BCUT2D eigenvalue weighted by Crippen LogP contribution is 2.38. The molecule has 1 aliphatic carbocycles. The Bertz CT molecular complexity index is 772. The van der Waals surface area contributed by atoms with Gasteiger partial charge in [0.25, 0.3) is 5.56 Å². The zero-order valence-electron chi connectivity index (χ0n) is 11.8. The molecule has 110 valence electrons. The first-order valence-electron chi connectivity index (χ1n) is 6.93. The Morgan fingerprint density at radius 1 is 1.29 bits per heavy atom. The third-order valence-corrected chi connectivity index (χ3v) is 3.85. The number of benzene rings is 1. The van der Waals surface area contributed by atoms with E-state index in [0.717, 1.165) is 18.4 Å². The van der Waals surface area contributed by atoms with Gasteiger partial charge in [-0.25, -0.2) is 4.79 Å². The fourth-order valence-corrected chi connectivity index (χ4v) is 2.25. The first kappa shape index (κ1) is 13.5. The highest BCUT2D eigenvalue weighted by atomic mass is 16.2. The van der Waals surface area contributed by atoms with Gasteiger partial charge in [-0.05, 0) is 25.3 Å². The van der Waals surface area contributed by atoms with Crippen molar-refractivity contribution >= 4 is 11.5 Å². The summed E-state index contributed by atoms with van der Waals surface area (Å²) in [4.78, 5) is 26.3. The van der Waals surface area contributed by atoms with Gasteiger partial charge in [-0.3, -0.25) is 14.3 Å². The standard InChI is InChI=1S/C15H18N4O2/c1-15(7-8-15)18-11-12(16)19(14(21)17-13(11)20)9-10-5-3-2-4-6-10/h2-6,18H,7-9,16H2,1H3,(H,17,20,21). The van der Waals surface area contributed by atoms with Crippen molar-refractivity contribution in [3.63, 3.8) is 0 Å². The van der Waals surface area contributed by atoms with Gasteiger partial charge in [0.1, 0.15) is 11.5 Å². The molecular formula is C15H18N4O2. The minimum absolute atomic E-state index is 0.0872.